The Hall–Kier alpha value is -3.42. The number of nitrogens with zero attached hydrogens (tertiary/aromatic N) is 1. The number of H-pyrrole nitrogens is 1. The molecule has 4 rings (SSSR count). The molecule has 31 heavy (non-hydrogen) atoms. The predicted octanol–water partition coefficient (Wildman–Crippen LogP) is 3.44. The molecule has 1 saturated carbocycles. The zero-order chi connectivity index (χ0) is 22.0. The molecule has 1 atom stereocenters. The number of halogens is 1. The molecular weight excluding hydrogens is 401 g/mol. The molecule has 0 radical (unpaired) electrons. The molecule has 1 aromatic heterocycles. The Balaban J connectivity index is 1.75. The van der Waals surface area contributed by atoms with Crippen molar-refractivity contribution in [1.29, 1.82) is 0 Å². The van der Waals surface area contributed by atoms with Crippen LogP contribution in [-0.2, 0) is 11.2 Å². The number of carbonyl (C=O) groups is 1. The Bertz CT molecular complexity index is 1210. The molecule has 2 aromatic carbocycles. The minimum atomic E-state index is -1.41. The zero-order valence-electron chi connectivity index (χ0n) is 16.9. The standard InChI is InChI=1S/C23H24FN3O4/c24-17-12-16-18(13-19(17)25-15-9-5-2-6-10-15)26-23(31)27(21(16)28)20(22(29)30)11-14-7-3-1-4-8-14/h1,3-4,7-8,12-13,15,20,25H,2,5-6,9-11H2,(H,26,31)(H,29,30). The average Bonchev–Trinajstić information content (AvgIpc) is 2.76. The van der Waals surface area contributed by atoms with E-state index in [0.717, 1.165) is 31.7 Å². The van der Waals surface area contributed by atoms with E-state index in [9.17, 15) is 23.9 Å². The Morgan fingerprint density at radius 2 is 1.87 bits per heavy atom. The molecule has 1 fully saturated rings. The van der Waals surface area contributed by atoms with Gasteiger partial charge in [0.15, 0.2) is 0 Å². The van der Waals surface area contributed by atoms with Crippen molar-refractivity contribution in [3.63, 3.8) is 0 Å². The van der Waals surface area contributed by atoms with Crippen molar-refractivity contribution < 1.29 is 14.3 Å². The summed E-state index contributed by atoms with van der Waals surface area (Å²) in [5, 5.41) is 12.8. The maximum absolute atomic E-state index is 14.8. The first-order valence-electron chi connectivity index (χ1n) is 10.5. The third-order valence-corrected chi connectivity index (χ3v) is 5.85. The molecule has 0 amide bonds. The SMILES string of the molecule is O=C(O)C(Cc1ccccc1)n1c(=O)[nH]c2cc(NC3CCCCC3)c(F)cc2c1=O. The molecule has 1 heterocycles. The van der Waals surface area contributed by atoms with Gasteiger partial charge in [-0.2, -0.15) is 0 Å². The fraction of sp³-hybridized carbons (Fsp3) is 0.348. The number of carboxylic acids is 1. The van der Waals surface area contributed by atoms with Gasteiger partial charge in [0.05, 0.1) is 16.6 Å². The Kier molecular flexibility index (Phi) is 5.88. The summed E-state index contributed by atoms with van der Waals surface area (Å²) in [5.41, 5.74) is -0.596. The number of hydrogen-bond acceptors (Lipinski definition) is 4. The van der Waals surface area contributed by atoms with E-state index in [2.05, 4.69) is 10.3 Å². The lowest BCUT2D eigenvalue weighted by atomic mass is 9.95. The fourth-order valence-corrected chi connectivity index (χ4v) is 4.24. The largest absolute Gasteiger partial charge is 0.480 e. The molecule has 162 valence electrons. The lowest BCUT2D eigenvalue weighted by molar-refractivity contribution is -0.141. The van der Waals surface area contributed by atoms with Gasteiger partial charge in [0.1, 0.15) is 11.9 Å². The first-order chi connectivity index (χ1) is 14.9. The first kappa shape index (κ1) is 20.8. The van der Waals surface area contributed by atoms with Crippen LogP contribution in [0.15, 0.2) is 52.1 Å². The molecule has 0 aliphatic heterocycles. The maximum atomic E-state index is 14.8. The highest BCUT2D eigenvalue weighted by atomic mass is 19.1. The second-order valence-electron chi connectivity index (χ2n) is 8.01. The second-order valence-corrected chi connectivity index (χ2v) is 8.01. The van der Waals surface area contributed by atoms with E-state index >= 15 is 0 Å². The Morgan fingerprint density at radius 3 is 2.55 bits per heavy atom. The molecule has 0 spiro atoms. The van der Waals surface area contributed by atoms with Gasteiger partial charge < -0.3 is 15.4 Å². The molecule has 8 heteroatoms. The van der Waals surface area contributed by atoms with Gasteiger partial charge in [-0.15, -0.1) is 0 Å². The summed E-state index contributed by atoms with van der Waals surface area (Å²) in [4.78, 5) is 40.2. The van der Waals surface area contributed by atoms with Gasteiger partial charge in [-0.05, 0) is 30.5 Å². The Labute approximate surface area is 177 Å². The summed E-state index contributed by atoms with van der Waals surface area (Å²) in [7, 11) is 0. The molecule has 0 saturated heterocycles. The van der Waals surface area contributed by atoms with Gasteiger partial charge >= 0.3 is 11.7 Å². The number of hydrogen-bond donors (Lipinski definition) is 3. The minimum Gasteiger partial charge on any atom is -0.480 e. The third kappa shape index (κ3) is 4.38. The molecule has 1 aliphatic carbocycles. The molecule has 1 unspecified atom stereocenters. The van der Waals surface area contributed by atoms with Crippen molar-refractivity contribution in [1.82, 2.24) is 9.55 Å². The van der Waals surface area contributed by atoms with E-state index in [1.165, 1.54) is 12.5 Å². The highest BCUT2D eigenvalue weighted by Gasteiger charge is 2.25. The van der Waals surface area contributed by atoms with Crippen LogP contribution in [0.3, 0.4) is 0 Å². The van der Waals surface area contributed by atoms with Gasteiger partial charge in [-0.25, -0.2) is 18.5 Å². The van der Waals surface area contributed by atoms with Crippen molar-refractivity contribution >= 4 is 22.6 Å². The quantitative estimate of drug-likeness (QED) is 0.561. The molecule has 3 N–H and O–H groups in total. The number of aromatic amines is 1. The topological polar surface area (TPSA) is 104 Å². The summed E-state index contributed by atoms with van der Waals surface area (Å²) in [6, 6.07) is 9.95. The monoisotopic (exact) mass is 425 g/mol. The number of carboxylic acid groups (broad SMARTS) is 1. The van der Waals surface area contributed by atoms with Crippen molar-refractivity contribution in [2.75, 3.05) is 5.32 Å². The number of benzene rings is 2. The normalized spacial score (nSPS) is 15.6. The highest BCUT2D eigenvalue weighted by molar-refractivity contribution is 5.82. The first-order valence-corrected chi connectivity index (χ1v) is 10.5. The summed E-state index contributed by atoms with van der Waals surface area (Å²) < 4.78 is 15.4. The third-order valence-electron chi connectivity index (χ3n) is 5.85. The number of aliphatic carboxylic acids is 1. The van der Waals surface area contributed by atoms with Gasteiger partial charge in [-0.3, -0.25) is 4.79 Å². The predicted molar refractivity (Wildman–Crippen MR) is 116 cm³/mol. The second kappa shape index (κ2) is 8.75. The summed E-state index contributed by atoms with van der Waals surface area (Å²) >= 11 is 0. The Morgan fingerprint density at radius 1 is 1.16 bits per heavy atom. The molecule has 7 nitrogen and oxygen atoms in total. The number of rotatable bonds is 6. The van der Waals surface area contributed by atoms with Crippen LogP contribution in [0.2, 0.25) is 0 Å². The van der Waals surface area contributed by atoms with Gasteiger partial charge in [0, 0.05) is 12.5 Å². The number of anilines is 1. The minimum absolute atomic E-state index is 0.0472. The van der Waals surface area contributed by atoms with Crippen molar-refractivity contribution in [3.05, 3.63) is 74.7 Å². The van der Waals surface area contributed by atoms with Crippen LogP contribution in [0.25, 0.3) is 10.9 Å². The van der Waals surface area contributed by atoms with Gasteiger partial charge in [0.25, 0.3) is 5.56 Å². The van der Waals surface area contributed by atoms with Crippen LogP contribution in [0.5, 0.6) is 0 Å². The van der Waals surface area contributed by atoms with Crippen LogP contribution in [-0.4, -0.2) is 26.7 Å². The van der Waals surface area contributed by atoms with Crippen LogP contribution >= 0.6 is 0 Å². The van der Waals surface area contributed by atoms with Crippen LogP contribution in [0, 0.1) is 5.82 Å². The summed E-state index contributed by atoms with van der Waals surface area (Å²) in [6.45, 7) is 0. The van der Waals surface area contributed by atoms with Crippen LogP contribution in [0.1, 0.15) is 43.7 Å². The maximum Gasteiger partial charge on any atom is 0.329 e. The van der Waals surface area contributed by atoms with Gasteiger partial charge in [0.2, 0.25) is 0 Å². The lowest BCUT2D eigenvalue weighted by Crippen LogP contribution is -2.42. The highest BCUT2D eigenvalue weighted by Crippen LogP contribution is 2.25. The van der Waals surface area contributed by atoms with Crippen molar-refractivity contribution in [2.45, 2.75) is 50.6 Å². The van der Waals surface area contributed by atoms with E-state index in [-0.39, 0.29) is 29.1 Å². The van der Waals surface area contributed by atoms with Gasteiger partial charge in [-0.1, -0.05) is 49.6 Å². The van der Waals surface area contributed by atoms with E-state index in [4.69, 9.17) is 0 Å². The van der Waals surface area contributed by atoms with E-state index < -0.39 is 29.1 Å². The average molecular weight is 425 g/mol. The molecule has 1 aliphatic rings. The number of nitrogens with one attached hydrogen (secondary N) is 2. The zero-order valence-corrected chi connectivity index (χ0v) is 16.9. The van der Waals surface area contributed by atoms with Crippen molar-refractivity contribution in [2.24, 2.45) is 0 Å². The summed E-state index contributed by atoms with van der Waals surface area (Å²) in [6.07, 6.45) is 5.15. The smallest absolute Gasteiger partial charge is 0.329 e. The van der Waals surface area contributed by atoms with Crippen LogP contribution < -0.4 is 16.6 Å². The summed E-state index contributed by atoms with van der Waals surface area (Å²) in [5.74, 6) is -1.92. The van der Waals surface area contributed by atoms with Crippen LogP contribution in [0.4, 0.5) is 10.1 Å². The fourth-order valence-electron chi connectivity index (χ4n) is 4.24. The van der Waals surface area contributed by atoms with E-state index in [1.54, 1.807) is 30.3 Å². The van der Waals surface area contributed by atoms with Crippen molar-refractivity contribution in [3.8, 4) is 0 Å². The number of fused-ring (bicyclic) bond motifs is 1. The lowest BCUT2D eigenvalue weighted by Gasteiger charge is -2.24. The molecular formula is C23H24FN3O4. The molecule has 3 aromatic rings. The number of aromatic nitrogens is 2. The van der Waals surface area contributed by atoms with E-state index in [0.29, 0.717) is 10.1 Å². The van der Waals surface area contributed by atoms with E-state index in [1.807, 2.05) is 0 Å². The molecule has 0 bridgehead atoms.